The van der Waals surface area contributed by atoms with Crippen molar-refractivity contribution in [3.05, 3.63) is 60.3 Å². The van der Waals surface area contributed by atoms with E-state index < -0.39 is 6.04 Å². The molecule has 0 unspecified atom stereocenters. The Morgan fingerprint density at radius 2 is 1.88 bits per heavy atom. The first-order chi connectivity index (χ1) is 12.7. The molecule has 1 saturated heterocycles. The summed E-state index contributed by atoms with van der Waals surface area (Å²) in [5.74, 6) is 1.61. The number of aromatic nitrogens is 1. The molecule has 3 N–H and O–H groups in total. The van der Waals surface area contributed by atoms with Crippen molar-refractivity contribution in [2.24, 2.45) is 5.73 Å². The van der Waals surface area contributed by atoms with Gasteiger partial charge in [0.05, 0.1) is 6.04 Å². The average Bonchev–Trinajstić information content (AvgIpc) is 3.32. The summed E-state index contributed by atoms with van der Waals surface area (Å²) in [5, 5.41) is 1.04. The fraction of sp³-hybridized carbons (Fsp3) is 0.286. The molecule has 1 atom stereocenters. The molecule has 1 aliphatic rings. The van der Waals surface area contributed by atoms with Crippen molar-refractivity contribution in [2.45, 2.75) is 25.3 Å². The summed E-state index contributed by atoms with van der Waals surface area (Å²) in [6.07, 6.45) is 4.61. The van der Waals surface area contributed by atoms with Gasteiger partial charge in [-0.05, 0) is 55.2 Å². The molecule has 4 rings (SSSR count). The minimum Gasteiger partial charge on any atom is -0.457 e. The summed E-state index contributed by atoms with van der Waals surface area (Å²) in [7, 11) is 0. The van der Waals surface area contributed by atoms with Gasteiger partial charge in [0.15, 0.2) is 0 Å². The molecular formula is C21H23N3O2. The maximum absolute atomic E-state index is 12.5. The normalized spacial score (nSPS) is 15.3. The summed E-state index contributed by atoms with van der Waals surface area (Å²) in [5.41, 5.74) is 8.26. The van der Waals surface area contributed by atoms with Crippen molar-refractivity contribution in [1.82, 2.24) is 9.88 Å². The predicted octanol–water partition coefficient (Wildman–Crippen LogP) is 3.45. The van der Waals surface area contributed by atoms with Gasteiger partial charge < -0.3 is 20.4 Å². The summed E-state index contributed by atoms with van der Waals surface area (Å²) >= 11 is 0. The van der Waals surface area contributed by atoms with Crippen LogP contribution in [0.3, 0.4) is 0 Å². The number of ether oxygens (including phenoxy) is 1. The van der Waals surface area contributed by atoms with E-state index in [0.717, 1.165) is 53.9 Å². The summed E-state index contributed by atoms with van der Waals surface area (Å²) in [6, 6.07) is 15.1. The molecule has 1 aromatic heterocycles. The molecule has 2 heterocycles. The predicted molar refractivity (Wildman–Crippen MR) is 102 cm³/mol. The van der Waals surface area contributed by atoms with E-state index in [-0.39, 0.29) is 5.91 Å². The summed E-state index contributed by atoms with van der Waals surface area (Å²) in [4.78, 5) is 17.6. The largest absolute Gasteiger partial charge is 0.457 e. The molecule has 1 aliphatic heterocycles. The highest BCUT2D eigenvalue weighted by Gasteiger charge is 2.24. The molecule has 26 heavy (non-hydrogen) atoms. The van der Waals surface area contributed by atoms with Crippen LogP contribution in [0.25, 0.3) is 10.9 Å². The summed E-state index contributed by atoms with van der Waals surface area (Å²) in [6.45, 7) is 1.66. The Morgan fingerprint density at radius 3 is 2.65 bits per heavy atom. The van der Waals surface area contributed by atoms with Gasteiger partial charge in [0.2, 0.25) is 5.91 Å². The van der Waals surface area contributed by atoms with Gasteiger partial charge in [0.25, 0.3) is 0 Å². The topological polar surface area (TPSA) is 71.4 Å². The number of nitrogens with one attached hydrogen (secondary N) is 1. The fourth-order valence-electron chi connectivity index (χ4n) is 3.51. The van der Waals surface area contributed by atoms with Crippen molar-refractivity contribution in [2.75, 3.05) is 13.1 Å². The highest BCUT2D eigenvalue weighted by Crippen LogP contribution is 2.28. The van der Waals surface area contributed by atoms with Crippen molar-refractivity contribution in [3.8, 4) is 11.5 Å². The van der Waals surface area contributed by atoms with Gasteiger partial charge in [-0.15, -0.1) is 0 Å². The fourth-order valence-corrected chi connectivity index (χ4v) is 3.51. The van der Waals surface area contributed by atoms with Crippen LogP contribution in [-0.4, -0.2) is 34.9 Å². The van der Waals surface area contributed by atoms with E-state index in [9.17, 15) is 4.79 Å². The Morgan fingerprint density at radius 1 is 1.12 bits per heavy atom. The van der Waals surface area contributed by atoms with Crippen LogP contribution in [0.15, 0.2) is 54.7 Å². The number of hydrogen-bond donors (Lipinski definition) is 2. The average molecular weight is 349 g/mol. The monoisotopic (exact) mass is 349 g/mol. The van der Waals surface area contributed by atoms with Crippen LogP contribution < -0.4 is 10.5 Å². The highest BCUT2D eigenvalue weighted by atomic mass is 16.5. The third-order valence-corrected chi connectivity index (χ3v) is 4.89. The van der Waals surface area contributed by atoms with Crippen LogP contribution in [0.2, 0.25) is 0 Å². The number of nitrogens with two attached hydrogens (primary N) is 1. The Balaban J connectivity index is 1.53. The molecule has 5 nitrogen and oxygen atoms in total. The number of fused-ring (bicyclic) bond motifs is 1. The van der Waals surface area contributed by atoms with Crippen molar-refractivity contribution in [3.63, 3.8) is 0 Å². The molecular weight excluding hydrogens is 326 g/mol. The van der Waals surface area contributed by atoms with Crippen molar-refractivity contribution < 1.29 is 9.53 Å². The lowest BCUT2D eigenvalue weighted by Gasteiger charge is -2.20. The standard InChI is InChI=1S/C21H23N3O2/c22-19(21(25)24-10-4-5-11-24)12-15-14-23-20-9-8-17(13-18(15)20)26-16-6-2-1-3-7-16/h1-3,6-9,13-14,19,23H,4-5,10-12,22H2/t19-/m0/s1. The van der Waals surface area contributed by atoms with Crippen LogP contribution >= 0.6 is 0 Å². The lowest BCUT2D eigenvalue weighted by atomic mass is 10.0. The van der Waals surface area contributed by atoms with Crippen molar-refractivity contribution >= 4 is 16.8 Å². The first kappa shape index (κ1) is 16.7. The Kier molecular flexibility index (Phi) is 4.63. The quantitative estimate of drug-likeness (QED) is 0.741. The zero-order valence-corrected chi connectivity index (χ0v) is 14.7. The molecule has 1 amide bonds. The van der Waals surface area contributed by atoms with Gasteiger partial charge in [0, 0.05) is 30.2 Å². The molecule has 0 spiro atoms. The minimum atomic E-state index is -0.509. The lowest BCUT2D eigenvalue weighted by molar-refractivity contribution is -0.131. The second-order valence-corrected chi connectivity index (χ2v) is 6.78. The van der Waals surface area contributed by atoms with Gasteiger partial charge in [0.1, 0.15) is 11.5 Å². The number of H-pyrrole nitrogens is 1. The molecule has 5 heteroatoms. The zero-order valence-electron chi connectivity index (χ0n) is 14.7. The number of likely N-dealkylation sites (tertiary alicyclic amines) is 1. The molecule has 0 aliphatic carbocycles. The highest BCUT2D eigenvalue weighted by molar-refractivity contribution is 5.87. The van der Waals surface area contributed by atoms with E-state index in [2.05, 4.69) is 4.98 Å². The number of carbonyl (C=O) groups is 1. The van der Waals surface area contributed by atoms with Crippen molar-refractivity contribution in [1.29, 1.82) is 0 Å². The van der Waals surface area contributed by atoms with Crippen LogP contribution in [0.1, 0.15) is 18.4 Å². The van der Waals surface area contributed by atoms with Crippen LogP contribution in [0, 0.1) is 0 Å². The maximum Gasteiger partial charge on any atom is 0.239 e. The van der Waals surface area contributed by atoms with E-state index in [1.807, 2.05) is 59.6 Å². The molecule has 0 radical (unpaired) electrons. The second-order valence-electron chi connectivity index (χ2n) is 6.78. The van der Waals surface area contributed by atoms with Gasteiger partial charge >= 0.3 is 0 Å². The van der Waals surface area contributed by atoms with E-state index in [4.69, 9.17) is 10.5 Å². The first-order valence-corrected chi connectivity index (χ1v) is 9.08. The van der Waals surface area contributed by atoms with Gasteiger partial charge in [-0.3, -0.25) is 4.79 Å². The third kappa shape index (κ3) is 3.44. The van der Waals surface area contributed by atoms with E-state index >= 15 is 0 Å². The lowest BCUT2D eigenvalue weighted by Crippen LogP contribution is -2.43. The van der Waals surface area contributed by atoms with Gasteiger partial charge in [-0.2, -0.15) is 0 Å². The van der Waals surface area contributed by atoms with Gasteiger partial charge in [-0.25, -0.2) is 0 Å². The Bertz CT molecular complexity index is 898. The number of amides is 1. The SMILES string of the molecule is N[C@@H](Cc1c[nH]c2ccc(Oc3ccccc3)cc12)C(=O)N1CCCC1. The molecule has 2 aromatic carbocycles. The first-order valence-electron chi connectivity index (χ1n) is 9.08. The Labute approximate surface area is 152 Å². The third-order valence-electron chi connectivity index (χ3n) is 4.89. The number of rotatable bonds is 5. The molecule has 3 aromatic rings. The molecule has 0 bridgehead atoms. The van der Waals surface area contributed by atoms with E-state index in [1.165, 1.54) is 0 Å². The number of hydrogen-bond acceptors (Lipinski definition) is 3. The number of benzene rings is 2. The van der Waals surface area contributed by atoms with Crippen LogP contribution in [0.5, 0.6) is 11.5 Å². The number of carbonyl (C=O) groups excluding carboxylic acids is 1. The molecule has 1 fully saturated rings. The van der Waals surface area contributed by atoms with E-state index in [1.54, 1.807) is 0 Å². The summed E-state index contributed by atoms with van der Waals surface area (Å²) < 4.78 is 5.92. The van der Waals surface area contributed by atoms with Crippen LogP contribution in [0.4, 0.5) is 0 Å². The number of aromatic amines is 1. The maximum atomic E-state index is 12.5. The number of para-hydroxylation sites is 1. The zero-order chi connectivity index (χ0) is 17.9. The Hall–Kier alpha value is -2.79. The van der Waals surface area contributed by atoms with E-state index in [0.29, 0.717) is 6.42 Å². The van der Waals surface area contributed by atoms with Crippen LogP contribution in [-0.2, 0) is 11.2 Å². The molecule has 0 saturated carbocycles. The van der Waals surface area contributed by atoms with Gasteiger partial charge in [-0.1, -0.05) is 18.2 Å². The minimum absolute atomic E-state index is 0.0496. The second kappa shape index (κ2) is 7.22. The number of nitrogens with zero attached hydrogens (tertiary/aromatic N) is 1. The molecule has 134 valence electrons. The smallest absolute Gasteiger partial charge is 0.239 e.